The average Bonchev–Trinajstić information content (AvgIpc) is 2.47. The maximum atomic E-state index is 9.75. The van der Waals surface area contributed by atoms with Crippen molar-refractivity contribution in [2.45, 2.75) is 19.1 Å². The lowest BCUT2D eigenvalue weighted by molar-refractivity contribution is 0.182. The first-order valence-electron chi connectivity index (χ1n) is 6.11. The van der Waals surface area contributed by atoms with E-state index in [1.165, 1.54) is 0 Å². The SMILES string of the molecule is N#CCC(O)c1cccc(OCc2ccccc2)c1. The van der Waals surface area contributed by atoms with Crippen molar-refractivity contribution < 1.29 is 9.84 Å². The Morgan fingerprint density at radius 2 is 1.89 bits per heavy atom. The Morgan fingerprint density at radius 3 is 2.63 bits per heavy atom. The Bertz CT molecular complexity index is 560. The molecule has 1 unspecified atom stereocenters. The molecule has 1 N–H and O–H groups in total. The molecule has 0 heterocycles. The lowest BCUT2D eigenvalue weighted by Gasteiger charge is -2.10. The summed E-state index contributed by atoms with van der Waals surface area (Å²) in [4.78, 5) is 0. The number of rotatable bonds is 5. The number of nitriles is 1. The second-order valence-electron chi connectivity index (χ2n) is 4.22. The van der Waals surface area contributed by atoms with E-state index in [1.54, 1.807) is 12.1 Å². The molecule has 1 atom stereocenters. The van der Waals surface area contributed by atoms with Crippen molar-refractivity contribution in [2.24, 2.45) is 0 Å². The van der Waals surface area contributed by atoms with Crippen molar-refractivity contribution in [3.8, 4) is 11.8 Å². The summed E-state index contributed by atoms with van der Waals surface area (Å²) in [5.41, 5.74) is 1.79. The van der Waals surface area contributed by atoms with E-state index in [1.807, 2.05) is 48.5 Å². The molecule has 0 bridgehead atoms. The summed E-state index contributed by atoms with van der Waals surface area (Å²) < 4.78 is 5.67. The Labute approximate surface area is 112 Å². The lowest BCUT2D eigenvalue weighted by atomic mass is 10.1. The predicted octanol–water partition coefficient (Wildman–Crippen LogP) is 3.21. The summed E-state index contributed by atoms with van der Waals surface area (Å²) in [6.45, 7) is 0.485. The van der Waals surface area contributed by atoms with Crippen LogP contribution in [0.2, 0.25) is 0 Å². The molecule has 3 nitrogen and oxygen atoms in total. The average molecular weight is 253 g/mol. The zero-order chi connectivity index (χ0) is 13.5. The standard InChI is InChI=1S/C16H15NO2/c17-10-9-16(18)14-7-4-8-15(11-14)19-12-13-5-2-1-3-6-13/h1-8,11,16,18H,9,12H2. The van der Waals surface area contributed by atoms with Crippen LogP contribution < -0.4 is 4.74 Å². The van der Waals surface area contributed by atoms with Crippen LogP contribution in [0.5, 0.6) is 5.75 Å². The van der Waals surface area contributed by atoms with E-state index in [2.05, 4.69) is 0 Å². The van der Waals surface area contributed by atoms with Crippen LogP contribution in [-0.2, 0) is 6.61 Å². The number of ether oxygens (including phenoxy) is 1. The molecule has 0 radical (unpaired) electrons. The first-order valence-corrected chi connectivity index (χ1v) is 6.11. The van der Waals surface area contributed by atoms with Gasteiger partial charge in [0.25, 0.3) is 0 Å². The third-order valence-electron chi connectivity index (χ3n) is 2.78. The zero-order valence-corrected chi connectivity index (χ0v) is 10.5. The Hall–Kier alpha value is -2.31. The van der Waals surface area contributed by atoms with E-state index in [0.29, 0.717) is 17.9 Å². The molecule has 0 aromatic heterocycles. The molecule has 0 saturated carbocycles. The Balaban J connectivity index is 2.01. The second-order valence-corrected chi connectivity index (χ2v) is 4.22. The number of hydrogen-bond donors (Lipinski definition) is 1. The molecule has 0 fully saturated rings. The molecular formula is C16H15NO2. The summed E-state index contributed by atoms with van der Waals surface area (Å²) in [6.07, 6.45) is -0.674. The fourth-order valence-corrected chi connectivity index (χ4v) is 1.76. The molecule has 0 aliphatic carbocycles. The van der Waals surface area contributed by atoms with Gasteiger partial charge in [-0.2, -0.15) is 5.26 Å². The lowest BCUT2D eigenvalue weighted by Crippen LogP contribution is -1.98. The van der Waals surface area contributed by atoms with E-state index in [4.69, 9.17) is 10.00 Å². The van der Waals surface area contributed by atoms with Gasteiger partial charge in [0.05, 0.1) is 18.6 Å². The number of benzene rings is 2. The van der Waals surface area contributed by atoms with Gasteiger partial charge in [0.15, 0.2) is 0 Å². The number of aliphatic hydroxyl groups excluding tert-OH is 1. The molecule has 2 aromatic rings. The van der Waals surface area contributed by atoms with Crippen molar-refractivity contribution in [3.05, 3.63) is 65.7 Å². The van der Waals surface area contributed by atoms with Gasteiger partial charge in [-0.3, -0.25) is 0 Å². The fraction of sp³-hybridized carbons (Fsp3) is 0.188. The van der Waals surface area contributed by atoms with Crippen LogP contribution in [0.15, 0.2) is 54.6 Å². The smallest absolute Gasteiger partial charge is 0.120 e. The van der Waals surface area contributed by atoms with Gasteiger partial charge in [-0.25, -0.2) is 0 Å². The van der Waals surface area contributed by atoms with Crippen LogP contribution in [0.1, 0.15) is 23.7 Å². The quantitative estimate of drug-likeness (QED) is 0.890. The molecule has 19 heavy (non-hydrogen) atoms. The van der Waals surface area contributed by atoms with E-state index in [9.17, 15) is 5.11 Å². The highest BCUT2D eigenvalue weighted by atomic mass is 16.5. The summed E-state index contributed by atoms with van der Waals surface area (Å²) in [6, 6.07) is 19.0. The molecule has 2 rings (SSSR count). The van der Waals surface area contributed by atoms with Gasteiger partial charge in [-0.05, 0) is 23.3 Å². The third-order valence-corrected chi connectivity index (χ3v) is 2.78. The molecule has 0 saturated heterocycles. The molecule has 0 spiro atoms. The van der Waals surface area contributed by atoms with E-state index in [-0.39, 0.29) is 6.42 Å². The summed E-state index contributed by atoms with van der Waals surface area (Å²) in [5.74, 6) is 0.693. The van der Waals surface area contributed by atoms with Crippen molar-refractivity contribution in [1.29, 1.82) is 5.26 Å². The third kappa shape index (κ3) is 3.84. The van der Waals surface area contributed by atoms with Gasteiger partial charge in [-0.1, -0.05) is 42.5 Å². The van der Waals surface area contributed by atoms with Crippen molar-refractivity contribution >= 4 is 0 Å². The molecular weight excluding hydrogens is 238 g/mol. The normalized spacial score (nSPS) is 11.6. The van der Waals surface area contributed by atoms with Crippen LogP contribution >= 0.6 is 0 Å². The molecule has 96 valence electrons. The van der Waals surface area contributed by atoms with Gasteiger partial charge in [0.1, 0.15) is 12.4 Å². The minimum atomic E-state index is -0.759. The second kappa shape index (κ2) is 6.58. The molecule has 0 aliphatic heterocycles. The Kier molecular flexibility index (Phi) is 4.54. The minimum absolute atomic E-state index is 0.0855. The summed E-state index contributed by atoms with van der Waals surface area (Å²) >= 11 is 0. The topological polar surface area (TPSA) is 53.2 Å². The number of hydrogen-bond acceptors (Lipinski definition) is 3. The largest absolute Gasteiger partial charge is 0.489 e. The highest BCUT2D eigenvalue weighted by Crippen LogP contribution is 2.21. The molecule has 0 amide bonds. The fourth-order valence-electron chi connectivity index (χ4n) is 1.76. The van der Waals surface area contributed by atoms with Gasteiger partial charge >= 0.3 is 0 Å². The maximum absolute atomic E-state index is 9.75. The highest BCUT2D eigenvalue weighted by Gasteiger charge is 2.07. The Morgan fingerprint density at radius 1 is 1.11 bits per heavy atom. The van der Waals surface area contributed by atoms with Crippen LogP contribution in [0, 0.1) is 11.3 Å². The van der Waals surface area contributed by atoms with Crippen LogP contribution in [0.4, 0.5) is 0 Å². The monoisotopic (exact) mass is 253 g/mol. The van der Waals surface area contributed by atoms with Crippen molar-refractivity contribution in [2.75, 3.05) is 0 Å². The van der Waals surface area contributed by atoms with Gasteiger partial charge < -0.3 is 9.84 Å². The van der Waals surface area contributed by atoms with Crippen molar-refractivity contribution in [3.63, 3.8) is 0 Å². The first-order chi connectivity index (χ1) is 9.29. The van der Waals surface area contributed by atoms with E-state index >= 15 is 0 Å². The minimum Gasteiger partial charge on any atom is -0.489 e. The number of aliphatic hydroxyl groups is 1. The number of nitrogens with zero attached hydrogens (tertiary/aromatic N) is 1. The zero-order valence-electron chi connectivity index (χ0n) is 10.5. The van der Waals surface area contributed by atoms with Crippen molar-refractivity contribution in [1.82, 2.24) is 0 Å². The van der Waals surface area contributed by atoms with Crippen LogP contribution in [0.3, 0.4) is 0 Å². The van der Waals surface area contributed by atoms with E-state index < -0.39 is 6.10 Å². The molecule has 2 aromatic carbocycles. The summed E-state index contributed by atoms with van der Waals surface area (Å²) in [7, 11) is 0. The van der Waals surface area contributed by atoms with Crippen LogP contribution in [0.25, 0.3) is 0 Å². The predicted molar refractivity (Wildman–Crippen MR) is 72.4 cm³/mol. The van der Waals surface area contributed by atoms with Gasteiger partial charge in [-0.15, -0.1) is 0 Å². The molecule has 3 heteroatoms. The van der Waals surface area contributed by atoms with Crippen LogP contribution in [-0.4, -0.2) is 5.11 Å². The first kappa shape index (κ1) is 13.1. The highest BCUT2D eigenvalue weighted by molar-refractivity contribution is 5.30. The summed E-state index contributed by atoms with van der Waals surface area (Å²) in [5, 5.41) is 18.3. The molecule has 0 aliphatic rings. The maximum Gasteiger partial charge on any atom is 0.120 e. The van der Waals surface area contributed by atoms with E-state index in [0.717, 1.165) is 5.56 Å². The van der Waals surface area contributed by atoms with Gasteiger partial charge in [0, 0.05) is 0 Å². The van der Waals surface area contributed by atoms with Gasteiger partial charge in [0.2, 0.25) is 0 Å².